The monoisotopic (exact) mass is 399 g/mol. The fourth-order valence-corrected chi connectivity index (χ4v) is 2.73. The van der Waals surface area contributed by atoms with Gasteiger partial charge in [-0.2, -0.15) is 13.9 Å². The average Bonchev–Trinajstić information content (AvgIpc) is 2.70. The van der Waals surface area contributed by atoms with Crippen molar-refractivity contribution in [3.8, 4) is 5.75 Å². The van der Waals surface area contributed by atoms with Gasteiger partial charge in [-0.05, 0) is 36.2 Å². The highest BCUT2D eigenvalue weighted by Crippen LogP contribution is 2.19. The van der Waals surface area contributed by atoms with Gasteiger partial charge in [0.25, 0.3) is 11.5 Å². The molecule has 0 saturated carbocycles. The molecule has 29 heavy (non-hydrogen) atoms. The highest BCUT2D eigenvalue weighted by Gasteiger charge is 2.15. The lowest BCUT2D eigenvalue weighted by Crippen LogP contribution is -2.31. The van der Waals surface area contributed by atoms with Gasteiger partial charge in [-0.25, -0.2) is 4.68 Å². The van der Waals surface area contributed by atoms with Crippen LogP contribution in [0.5, 0.6) is 5.75 Å². The molecule has 8 heteroatoms. The van der Waals surface area contributed by atoms with Gasteiger partial charge in [0.15, 0.2) is 0 Å². The number of aromatic nitrogens is 2. The van der Waals surface area contributed by atoms with Crippen LogP contribution in [0.15, 0.2) is 71.5 Å². The lowest BCUT2D eigenvalue weighted by molar-refractivity contribution is -0.0498. The summed E-state index contributed by atoms with van der Waals surface area (Å²) in [7, 11) is 0. The van der Waals surface area contributed by atoms with Crippen LogP contribution in [0, 0.1) is 0 Å². The Labute approximate surface area is 165 Å². The van der Waals surface area contributed by atoms with Crippen molar-refractivity contribution in [3.05, 3.63) is 93.9 Å². The Morgan fingerprint density at radius 3 is 2.41 bits per heavy atom. The molecule has 3 aromatic rings. The number of nitrogens with zero attached hydrogens (tertiary/aromatic N) is 2. The smallest absolute Gasteiger partial charge is 0.387 e. The van der Waals surface area contributed by atoms with E-state index in [0.717, 1.165) is 5.56 Å². The molecule has 0 saturated heterocycles. The summed E-state index contributed by atoms with van der Waals surface area (Å²) in [5.41, 5.74) is 1.38. The lowest BCUT2D eigenvalue weighted by atomic mass is 10.1. The molecule has 1 amide bonds. The van der Waals surface area contributed by atoms with E-state index in [1.807, 2.05) is 30.3 Å². The molecule has 1 atom stereocenters. The number of halogens is 2. The predicted molar refractivity (Wildman–Crippen MR) is 103 cm³/mol. The van der Waals surface area contributed by atoms with E-state index in [0.29, 0.717) is 5.56 Å². The molecule has 6 nitrogen and oxygen atoms in total. The van der Waals surface area contributed by atoms with Gasteiger partial charge in [0.05, 0.1) is 12.6 Å². The third-order valence-electron chi connectivity index (χ3n) is 4.23. The number of carbonyl (C=O) groups excluding carboxylic acids is 1. The van der Waals surface area contributed by atoms with Gasteiger partial charge in [0, 0.05) is 6.07 Å². The van der Waals surface area contributed by atoms with Gasteiger partial charge in [-0.1, -0.05) is 42.5 Å². The Balaban J connectivity index is 1.70. The molecule has 3 rings (SSSR count). The summed E-state index contributed by atoms with van der Waals surface area (Å²) in [6, 6.07) is 17.6. The number of amides is 1. The number of carbonyl (C=O) groups is 1. The Morgan fingerprint density at radius 1 is 1.07 bits per heavy atom. The van der Waals surface area contributed by atoms with Crippen molar-refractivity contribution in [2.75, 3.05) is 0 Å². The molecule has 0 fully saturated rings. The van der Waals surface area contributed by atoms with E-state index in [4.69, 9.17) is 0 Å². The van der Waals surface area contributed by atoms with Crippen LogP contribution in [0.2, 0.25) is 0 Å². The summed E-state index contributed by atoms with van der Waals surface area (Å²) in [6.45, 7) is -0.890. The van der Waals surface area contributed by atoms with Crippen molar-refractivity contribution in [1.29, 1.82) is 0 Å². The van der Waals surface area contributed by atoms with E-state index < -0.39 is 18.6 Å². The molecule has 0 aliphatic carbocycles. The molecule has 150 valence electrons. The number of hydrogen-bond donors (Lipinski definition) is 1. The molecule has 0 aliphatic heterocycles. The standard InChI is InChI=1S/C21H19F2N3O3/c1-14(16-7-9-17(10-8-16)29-21(22)23)24-20(28)18-11-12-19(27)26(25-18)13-15-5-3-2-4-6-15/h2-12,14,21H,13H2,1H3,(H,24,28). The van der Waals surface area contributed by atoms with Crippen LogP contribution in [-0.4, -0.2) is 22.3 Å². The van der Waals surface area contributed by atoms with Crippen molar-refractivity contribution >= 4 is 5.91 Å². The summed E-state index contributed by atoms with van der Waals surface area (Å²) in [4.78, 5) is 24.6. The molecule has 0 aliphatic rings. The third kappa shape index (κ3) is 5.47. The van der Waals surface area contributed by atoms with E-state index in [2.05, 4.69) is 15.2 Å². The van der Waals surface area contributed by atoms with Crippen LogP contribution >= 0.6 is 0 Å². The molecule has 0 radical (unpaired) electrons. The van der Waals surface area contributed by atoms with Gasteiger partial charge in [0.1, 0.15) is 11.4 Å². The summed E-state index contributed by atoms with van der Waals surface area (Å²) >= 11 is 0. The second-order valence-corrected chi connectivity index (χ2v) is 6.34. The van der Waals surface area contributed by atoms with E-state index in [1.165, 1.54) is 28.9 Å². The second kappa shape index (κ2) is 9.09. The second-order valence-electron chi connectivity index (χ2n) is 6.34. The van der Waals surface area contributed by atoms with Crippen LogP contribution in [0.1, 0.15) is 34.6 Å². The summed E-state index contributed by atoms with van der Waals surface area (Å²) < 4.78 is 30.0. The highest BCUT2D eigenvalue weighted by molar-refractivity contribution is 5.92. The number of nitrogens with one attached hydrogen (secondary N) is 1. The van der Waals surface area contributed by atoms with Gasteiger partial charge < -0.3 is 10.1 Å². The number of ether oxygens (including phenoxy) is 1. The zero-order valence-corrected chi connectivity index (χ0v) is 15.6. The molecule has 2 aromatic carbocycles. The van der Waals surface area contributed by atoms with Crippen molar-refractivity contribution in [1.82, 2.24) is 15.1 Å². The van der Waals surface area contributed by atoms with E-state index in [-0.39, 0.29) is 23.5 Å². The van der Waals surface area contributed by atoms with E-state index >= 15 is 0 Å². The molecule has 0 spiro atoms. The van der Waals surface area contributed by atoms with Crippen LogP contribution < -0.4 is 15.6 Å². The fourth-order valence-electron chi connectivity index (χ4n) is 2.73. The third-order valence-corrected chi connectivity index (χ3v) is 4.23. The normalized spacial score (nSPS) is 11.9. The molecule has 1 heterocycles. The highest BCUT2D eigenvalue weighted by atomic mass is 19.3. The van der Waals surface area contributed by atoms with Crippen LogP contribution in [-0.2, 0) is 6.54 Å². The molecule has 1 aromatic heterocycles. The first-order valence-corrected chi connectivity index (χ1v) is 8.90. The first-order valence-electron chi connectivity index (χ1n) is 8.90. The van der Waals surface area contributed by atoms with Gasteiger partial charge in [-0.15, -0.1) is 0 Å². The first kappa shape index (κ1) is 20.2. The van der Waals surface area contributed by atoms with Crippen molar-refractivity contribution in [3.63, 3.8) is 0 Å². The number of hydrogen-bond acceptors (Lipinski definition) is 4. The Bertz CT molecular complexity index is 1020. The zero-order valence-electron chi connectivity index (χ0n) is 15.6. The van der Waals surface area contributed by atoms with Crippen molar-refractivity contribution in [2.45, 2.75) is 26.1 Å². The van der Waals surface area contributed by atoms with Crippen molar-refractivity contribution in [2.24, 2.45) is 0 Å². The molecule has 0 bridgehead atoms. The summed E-state index contributed by atoms with van der Waals surface area (Å²) in [6.07, 6.45) is 0. The molecular formula is C21H19F2N3O3. The van der Waals surface area contributed by atoms with Gasteiger partial charge in [0.2, 0.25) is 0 Å². The Kier molecular flexibility index (Phi) is 6.33. The largest absolute Gasteiger partial charge is 0.435 e. The number of alkyl halides is 2. The van der Waals surface area contributed by atoms with Crippen LogP contribution in [0.25, 0.3) is 0 Å². The minimum Gasteiger partial charge on any atom is -0.435 e. The van der Waals surface area contributed by atoms with E-state index in [1.54, 1.807) is 19.1 Å². The summed E-state index contributed by atoms with van der Waals surface area (Å²) in [5, 5.41) is 6.93. The van der Waals surface area contributed by atoms with Gasteiger partial charge in [-0.3, -0.25) is 9.59 Å². The topological polar surface area (TPSA) is 73.2 Å². The maximum Gasteiger partial charge on any atom is 0.387 e. The average molecular weight is 399 g/mol. The zero-order chi connectivity index (χ0) is 20.8. The van der Waals surface area contributed by atoms with Crippen LogP contribution in [0.4, 0.5) is 8.78 Å². The minimum atomic E-state index is -2.89. The van der Waals surface area contributed by atoms with Crippen LogP contribution in [0.3, 0.4) is 0 Å². The number of benzene rings is 2. The number of rotatable bonds is 7. The lowest BCUT2D eigenvalue weighted by Gasteiger charge is -2.15. The maximum absolute atomic E-state index is 12.5. The molecule has 1 N–H and O–H groups in total. The first-order chi connectivity index (χ1) is 13.9. The van der Waals surface area contributed by atoms with Crippen molar-refractivity contribution < 1.29 is 18.3 Å². The maximum atomic E-state index is 12.5. The SMILES string of the molecule is CC(NC(=O)c1ccc(=O)n(Cc2ccccc2)n1)c1ccc(OC(F)F)cc1. The molecular weight excluding hydrogens is 380 g/mol. The fraction of sp³-hybridized carbons (Fsp3) is 0.190. The molecule has 1 unspecified atom stereocenters. The van der Waals surface area contributed by atoms with E-state index in [9.17, 15) is 18.4 Å². The Hall–Kier alpha value is -3.55. The minimum absolute atomic E-state index is 0.0388. The Morgan fingerprint density at radius 2 is 1.76 bits per heavy atom. The quantitative estimate of drug-likeness (QED) is 0.661. The predicted octanol–water partition coefficient (Wildman–Crippen LogP) is 3.38. The van der Waals surface area contributed by atoms with Gasteiger partial charge >= 0.3 is 6.61 Å². The summed E-state index contributed by atoms with van der Waals surface area (Å²) in [5.74, 6) is -0.413.